The summed E-state index contributed by atoms with van der Waals surface area (Å²) >= 11 is 6.07. The first-order chi connectivity index (χ1) is 8.74. The van der Waals surface area contributed by atoms with Crippen molar-refractivity contribution in [2.24, 2.45) is 0 Å². The lowest BCUT2D eigenvalue weighted by atomic mass is 10.2. The summed E-state index contributed by atoms with van der Waals surface area (Å²) in [6.45, 7) is 4.10. The quantitative estimate of drug-likeness (QED) is 0.806. The largest absolute Gasteiger partial charge is 0.464 e. The highest BCUT2D eigenvalue weighted by molar-refractivity contribution is 6.32. The van der Waals surface area contributed by atoms with Crippen LogP contribution in [0.25, 0.3) is 0 Å². The number of rotatable bonds is 3. The minimum atomic E-state index is -0.397. The Hall–Kier alpha value is -1.40. The molecule has 98 valence electrons. The number of aromatic nitrogens is 2. The van der Waals surface area contributed by atoms with Gasteiger partial charge in [-0.3, -0.25) is 0 Å². The number of nitrogens with one attached hydrogen (secondary N) is 1. The molecule has 1 unspecified atom stereocenters. The summed E-state index contributed by atoms with van der Waals surface area (Å²) in [6.07, 6.45) is 2.94. The van der Waals surface area contributed by atoms with Crippen LogP contribution in [0.4, 0.5) is 5.82 Å². The fourth-order valence-corrected chi connectivity index (χ4v) is 2.14. The first-order valence-corrected chi connectivity index (χ1v) is 6.21. The molecule has 0 saturated carbocycles. The van der Waals surface area contributed by atoms with E-state index in [0.717, 1.165) is 6.54 Å². The first kappa shape index (κ1) is 13.0. The summed E-state index contributed by atoms with van der Waals surface area (Å²) in [6, 6.07) is -0.397. The molecule has 2 heterocycles. The Labute approximate surface area is 110 Å². The van der Waals surface area contributed by atoms with E-state index < -0.39 is 6.04 Å². The average Bonchev–Trinajstić information content (AvgIpc) is 2.40. The Morgan fingerprint density at radius 3 is 3.28 bits per heavy atom. The molecule has 0 bridgehead atoms. The van der Waals surface area contributed by atoms with Crippen LogP contribution < -0.4 is 10.2 Å². The van der Waals surface area contributed by atoms with E-state index in [1.165, 1.54) is 12.5 Å². The van der Waals surface area contributed by atoms with Crippen LogP contribution in [0.5, 0.6) is 0 Å². The molecule has 0 aliphatic carbocycles. The van der Waals surface area contributed by atoms with Crippen LogP contribution in [-0.2, 0) is 9.53 Å². The number of hydrogen-bond donors (Lipinski definition) is 1. The number of halogens is 1. The van der Waals surface area contributed by atoms with Crippen LogP contribution in [-0.4, -0.2) is 48.2 Å². The maximum Gasteiger partial charge on any atom is 0.330 e. The molecule has 18 heavy (non-hydrogen) atoms. The smallest absolute Gasteiger partial charge is 0.330 e. The number of ether oxygens (including phenoxy) is 1. The normalized spacial score (nSPS) is 19.7. The molecule has 0 aromatic carbocycles. The van der Waals surface area contributed by atoms with Gasteiger partial charge >= 0.3 is 5.97 Å². The van der Waals surface area contributed by atoms with Crippen LogP contribution in [0.1, 0.15) is 6.92 Å². The molecular weight excluding hydrogens is 256 g/mol. The van der Waals surface area contributed by atoms with E-state index >= 15 is 0 Å². The van der Waals surface area contributed by atoms with Crippen molar-refractivity contribution < 1.29 is 9.53 Å². The Morgan fingerprint density at radius 1 is 1.72 bits per heavy atom. The summed E-state index contributed by atoms with van der Waals surface area (Å²) in [4.78, 5) is 21.7. The third kappa shape index (κ3) is 2.70. The van der Waals surface area contributed by atoms with Crippen molar-refractivity contribution in [1.29, 1.82) is 0 Å². The van der Waals surface area contributed by atoms with Gasteiger partial charge in [-0.1, -0.05) is 11.6 Å². The van der Waals surface area contributed by atoms with Gasteiger partial charge in [0, 0.05) is 19.6 Å². The molecule has 1 fully saturated rings. The molecule has 1 aliphatic heterocycles. The lowest BCUT2D eigenvalue weighted by molar-refractivity contribution is -0.144. The Balaban J connectivity index is 2.23. The second kappa shape index (κ2) is 5.97. The Bertz CT molecular complexity index is 429. The van der Waals surface area contributed by atoms with Crippen LogP contribution in [0.15, 0.2) is 12.5 Å². The van der Waals surface area contributed by atoms with Crippen LogP contribution in [0, 0.1) is 0 Å². The monoisotopic (exact) mass is 270 g/mol. The Morgan fingerprint density at radius 2 is 2.56 bits per heavy atom. The summed E-state index contributed by atoms with van der Waals surface area (Å²) in [5.74, 6) is 0.311. The molecule has 2 rings (SSSR count). The van der Waals surface area contributed by atoms with Gasteiger partial charge in [0.05, 0.1) is 12.8 Å². The second-order valence-electron chi connectivity index (χ2n) is 3.86. The third-order valence-electron chi connectivity index (χ3n) is 2.72. The lowest BCUT2D eigenvalue weighted by Crippen LogP contribution is -2.56. The zero-order chi connectivity index (χ0) is 13.0. The van der Waals surface area contributed by atoms with Crippen molar-refractivity contribution in [2.45, 2.75) is 13.0 Å². The highest BCUT2D eigenvalue weighted by Crippen LogP contribution is 2.24. The van der Waals surface area contributed by atoms with E-state index in [1.54, 1.807) is 6.92 Å². The summed E-state index contributed by atoms with van der Waals surface area (Å²) < 4.78 is 5.07. The minimum absolute atomic E-state index is 0.264. The molecule has 1 aromatic rings. The minimum Gasteiger partial charge on any atom is -0.464 e. The van der Waals surface area contributed by atoms with Gasteiger partial charge in [0.25, 0.3) is 0 Å². The van der Waals surface area contributed by atoms with Crippen LogP contribution >= 0.6 is 11.6 Å². The number of nitrogens with zero attached hydrogens (tertiary/aromatic N) is 3. The van der Waals surface area contributed by atoms with Crippen molar-refractivity contribution in [1.82, 2.24) is 15.3 Å². The molecule has 1 aromatic heterocycles. The van der Waals surface area contributed by atoms with Gasteiger partial charge in [0.15, 0.2) is 5.82 Å². The molecule has 1 saturated heterocycles. The van der Waals surface area contributed by atoms with Gasteiger partial charge < -0.3 is 15.0 Å². The second-order valence-corrected chi connectivity index (χ2v) is 4.27. The SMILES string of the molecule is CCOC(=O)C1CNCCN1c1ncncc1Cl. The number of carbonyl (C=O) groups is 1. The Kier molecular flexibility index (Phi) is 4.33. The number of esters is 1. The zero-order valence-electron chi connectivity index (χ0n) is 10.1. The topological polar surface area (TPSA) is 67.3 Å². The van der Waals surface area contributed by atoms with Gasteiger partial charge in [-0.2, -0.15) is 0 Å². The molecule has 1 aliphatic rings. The predicted molar refractivity (Wildman–Crippen MR) is 67.7 cm³/mol. The number of hydrogen-bond acceptors (Lipinski definition) is 6. The fraction of sp³-hybridized carbons (Fsp3) is 0.545. The van der Waals surface area contributed by atoms with Crippen molar-refractivity contribution in [3.8, 4) is 0 Å². The van der Waals surface area contributed by atoms with E-state index in [1.807, 2.05) is 4.90 Å². The summed E-state index contributed by atoms with van der Waals surface area (Å²) in [7, 11) is 0. The number of piperazine rings is 1. The first-order valence-electron chi connectivity index (χ1n) is 5.83. The lowest BCUT2D eigenvalue weighted by Gasteiger charge is -2.35. The van der Waals surface area contributed by atoms with E-state index in [2.05, 4.69) is 15.3 Å². The zero-order valence-corrected chi connectivity index (χ0v) is 10.9. The van der Waals surface area contributed by atoms with Crippen LogP contribution in [0.2, 0.25) is 5.02 Å². The molecular formula is C11H15ClN4O2. The fourth-order valence-electron chi connectivity index (χ4n) is 1.92. The molecule has 0 radical (unpaired) electrons. The van der Waals surface area contributed by atoms with Crippen molar-refractivity contribution in [3.05, 3.63) is 17.5 Å². The van der Waals surface area contributed by atoms with E-state index in [-0.39, 0.29) is 5.97 Å². The van der Waals surface area contributed by atoms with Crippen molar-refractivity contribution >= 4 is 23.4 Å². The standard InChI is InChI=1S/C11H15ClN4O2/c1-2-18-11(17)9-6-13-3-4-16(9)10-8(12)5-14-7-15-10/h5,7,9,13H,2-4,6H2,1H3. The van der Waals surface area contributed by atoms with E-state index in [9.17, 15) is 4.79 Å². The molecule has 7 heteroatoms. The molecule has 0 spiro atoms. The predicted octanol–water partition coefficient (Wildman–Crippen LogP) is 0.471. The van der Waals surface area contributed by atoms with Gasteiger partial charge in [-0.05, 0) is 6.92 Å². The molecule has 1 atom stereocenters. The average molecular weight is 271 g/mol. The molecule has 6 nitrogen and oxygen atoms in total. The van der Waals surface area contributed by atoms with Gasteiger partial charge in [-0.25, -0.2) is 14.8 Å². The number of anilines is 1. The van der Waals surface area contributed by atoms with E-state index in [4.69, 9.17) is 16.3 Å². The molecule has 1 N–H and O–H groups in total. The highest BCUT2D eigenvalue weighted by atomic mass is 35.5. The maximum absolute atomic E-state index is 11.9. The van der Waals surface area contributed by atoms with Crippen LogP contribution in [0.3, 0.4) is 0 Å². The number of carbonyl (C=O) groups excluding carboxylic acids is 1. The van der Waals surface area contributed by atoms with Gasteiger partial charge in [0.2, 0.25) is 0 Å². The van der Waals surface area contributed by atoms with Gasteiger partial charge in [0.1, 0.15) is 17.4 Å². The summed E-state index contributed by atoms with van der Waals surface area (Å²) in [5.41, 5.74) is 0. The van der Waals surface area contributed by atoms with Crippen molar-refractivity contribution in [3.63, 3.8) is 0 Å². The maximum atomic E-state index is 11.9. The summed E-state index contributed by atoms with van der Waals surface area (Å²) in [5, 5.41) is 3.60. The third-order valence-corrected chi connectivity index (χ3v) is 2.99. The highest BCUT2D eigenvalue weighted by Gasteiger charge is 2.31. The van der Waals surface area contributed by atoms with Gasteiger partial charge in [-0.15, -0.1) is 0 Å². The van der Waals surface area contributed by atoms with E-state index in [0.29, 0.717) is 30.5 Å². The van der Waals surface area contributed by atoms with Crippen molar-refractivity contribution in [2.75, 3.05) is 31.1 Å². The molecule has 0 amide bonds.